The molecule has 3 heteroatoms. The molecule has 0 bridgehead atoms. The first-order valence-electron chi connectivity index (χ1n) is 5.51. The van der Waals surface area contributed by atoms with E-state index in [1.807, 2.05) is 12.5 Å². The van der Waals surface area contributed by atoms with E-state index in [2.05, 4.69) is 28.7 Å². The van der Waals surface area contributed by atoms with Gasteiger partial charge >= 0.3 is 0 Å². The molecule has 2 unspecified atom stereocenters. The Morgan fingerprint density at radius 3 is 2.79 bits per heavy atom. The van der Waals surface area contributed by atoms with Gasteiger partial charge in [-0.1, -0.05) is 13.8 Å². The maximum absolute atomic E-state index is 4.27. The van der Waals surface area contributed by atoms with Crippen molar-refractivity contribution >= 4 is 0 Å². The molecule has 0 spiro atoms. The lowest BCUT2D eigenvalue weighted by Crippen LogP contribution is -2.17. The Kier molecular flexibility index (Phi) is 1.71. The first kappa shape index (κ1) is 8.48. The van der Waals surface area contributed by atoms with Gasteiger partial charge in [0.25, 0.3) is 0 Å². The first-order chi connectivity index (χ1) is 6.79. The van der Waals surface area contributed by atoms with Crippen molar-refractivity contribution in [1.29, 1.82) is 0 Å². The van der Waals surface area contributed by atoms with Crippen molar-refractivity contribution in [2.75, 3.05) is 13.1 Å². The summed E-state index contributed by atoms with van der Waals surface area (Å²) in [6.07, 6.45) is 4.03. The van der Waals surface area contributed by atoms with E-state index in [0.29, 0.717) is 5.92 Å². The molecule has 1 saturated heterocycles. The van der Waals surface area contributed by atoms with Gasteiger partial charge in [0.2, 0.25) is 0 Å². The molecule has 3 nitrogen and oxygen atoms in total. The fourth-order valence-electron chi connectivity index (χ4n) is 2.81. The first-order valence-corrected chi connectivity index (χ1v) is 5.51. The quantitative estimate of drug-likeness (QED) is 0.765. The normalized spacial score (nSPS) is 34.9. The molecule has 1 saturated carbocycles. The molecule has 2 heterocycles. The Bertz CT molecular complexity index is 332. The highest BCUT2D eigenvalue weighted by Gasteiger charge is 2.54. The lowest BCUT2D eigenvalue weighted by molar-refractivity contribution is 0.543. The average Bonchev–Trinajstić information content (AvgIpc) is 2.63. The fourth-order valence-corrected chi connectivity index (χ4v) is 2.81. The van der Waals surface area contributed by atoms with Crippen LogP contribution in [0.3, 0.4) is 0 Å². The summed E-state index contributed by atoms with van der Waals surface area (Å²) in [5.74, 6) is 2.34. The van der Waals surface area contributed by atoms with E-state index >= 15 is 0 Å². The van der Waals surface area contributed by atoms with Crippen molar-refractivity contribution in [1.82, 2.24) is 14.9 Å². The number of hydrogen-bond donors (Lipinski definition) is 1. The average molecular weight is 191 g/mol. The topological polar surface area (TPSA) is 29.9 Å². The van der Waals surface area contributed by atoms with Gasteiger partial charge in [-0.25, -0.2) is 4.98 Å². The Balaban J connectivity index is 1.87. The lowest BCUT2D eigenvalue weighted by Gasteiger charge is -2.12. The van der Waals surface area contributed by atoms with E-state index < -0.39 is 0 Å². The monoisotopic (exact) mass is 191 g/mol. The van der Waals surface area contributed by atoms with E-state index in [-0.39, 0.29) is 0 Å². The molecule has 3 rings (SSSR count). The van der Waals surface area contributed by atoms with Gasteiger partial charge in [-0.05, 0) is 17.8 Å². The summed E-state index contributed by atoms with van der Waals surface area (Å²) in [6, 6.07) is 0.746. The highest BCUT2D eigenvalue weighted by molar-refractivity contribution is 5.15. The Hall–Kier alpha value is -0.830. The highest BCUT2D eigenvalue weighted by atomic mass is 15.2. The number of imidazole rings is 1. The van der Waals surface area contributed by atoms with Gasteiger partial charge in [-0.2, -0.15) is 0 Å². The van der Waals surface area contributed by atoms with Crippen LogP contribution in [0.25, 0.3) is 0 Å². The minimum Gasteiger partial charge on any atom is -0.331 e. The minimum absolute atomic E-state index is 0.590. The van der Waals surface area contributed by atoms with Crippen LogP contribution >= 0.6 is 0 Å². The number of piperidine rings is 1. The van der Waals surface area contributed by atoms with Crippen LogP contribution in [-0.2, 0) is 0 Å². The predicted octanol–water partition coefficient (Wildman–Crippen LogP) is 1.40. The zero-order valence-electron chi connectivity index (χ0n) is 8.77. The molecule has 76 valence electrons. The van der Waals surface area contributed by atoms with Gasteiger partial charge in [0, 0.05) is 31.0 Å². The van der Waals surface area contributed by atoms with Crippen molar-refractivity contribution in [2.45, 2.75) is 25.8 Å². The standard InChI is InChI=1S/C11H17N3/c1-7(2)10-5-13-6-14(10)11-8-3-12-4-9(8)11/h5-9,11-12H,3-4H2,1-2H3. The van der Waals surface area contributed by atoms with E-state index in [1.54, 1.807) is 0 Å². The molecule has 1 aromatic heterocycles. The van der Waals surface area contributed by atoms with Crippen LogP contribution in [-0.4, -0.2) is 22.6 Å². The summed E-state index contributed by atoms with van der Waals surface area (Å²) in [7, 11) is 0. The smallest absolute Gasteiger partial charge is 0.0951 e. The van der Waals surface area contributed by atoms with Gasteiger partial charge in [-0.15, -0.1) is 0 Å². The molecular weight excluding hydrogens is 174 g/mol. The number of nitrogens with zero attached hydrogens (tertiary/aromatic N) is 2. The zero-order valence-corrected chi connectivity index (χ0v) is 8.77. The maximum atomic E-state index is 4.27. The molecule has 1 N–H and O–H groups in total. The predicted molar refractivity (Wildman–Crippen MR) is 55.2 cm³/mol. The van der Waals surface area contributed by atoms with Crippen LogP contribution in [0.1, 0.15) is 31.5 Å². The Labute approximate surface area is 84.5 Å². The molecule has 2 aliphatic rings. The van der Waals surface area contributed by atoms with Crippen molar-refractivity contribution in [3.05, 3.63) is 18.2 Å². The summed E-state index contributed by atoms with van der Waals surface area (Å²) >= 11 is 0. The van der Waals surface area contributed by atoms with Crippen LogP contribution < -0.4 is 5.32 Å². The molecule has 1 aliphatic heterocycles. The third-order valence-electron chi connectivity index (χ3n) is 3.66. The molecule has 0 radical (unpaired) electrons. The SMILES string of the molecule is CC(C)c1cncn1C1C2CNCC21. The van der Waals surface area contributed by atoms with Crippen LogP contribution in [0.5, 0.6) is 0 Å². The van der Waals surface area contributed by atoms with Crippen LogP contribution in [0.4, 0.5) is 0 Å². The largest absolute Gasteiger partial charge is 0.331 e. The van der Waals surface area contributed by atoms with E-state index in [0.717, 1.165) is 17.9 Å². The number of rotatable bonds is 2. The molecule has 2 atom stereocenters. The summed E-state index contributed by atoms with van der Waals surface area (Å²) in [5, 5.41) is 3.43. The minimum atomic E-state index is 0.590. The van der Waals surface area contributed by atoms with Crippen LogP contribution in [0.2, 0.25) is 0 Å². The van der Waals surface area contributed by atoms with Gasteiger partial charge in [0.1, 0.15) is 0 Å². The highest BCUT2D eigenvalue weighted by Crippen LogP contribution is 2.53. The van der Waals surface area contributed by atoms with Crippen molar-refractivity contribution < 1.29 is 0 Å². The van der Waals surface area contributed by atoms with Crippen molar-refractivity contribution in [2.24, 2.45) is 11.8 Å². The lowest BCUT2D eigenvalue weighted by atomic mass is 10.1. The summed E-state index contributed by atoms with van der Waals surface area (Å²) in [6.45, 7) is 6.88. The zero-order chi connectivity index (χ0) is 9.71. The second kappa shape index (κ2) is 2.83. The molecule has 0 amide bonds. The Morgan fingerprint density at radius 1 is 1.43 bits per heavy atom. The molecular formula is C11H17N3. The number of fused-ring (bicyclic) bond motifs is 1. The fraction of sp³-hybridized carbons (Fsp3) is 0.727. The summed E-state index contributed by atoms with van der Waals surface area (Å²) in [4.78, 5) is 4.27. The van der Waals surface area contributed by atoms with E-state index in [9.17, 15) is 0 Å². The number of nitrogens with one attached hydrogen (secondary N) is 1. The van der Waals surface area contributed by atoms with Gasteiger partial charge in [0.15, 0.2) is 0 Å². The van der Waals surface area contributed by atoms with Gasteiger partial charge in [0.05, 0.1) is 6.33 Å². The third kappa shape index (κ3) is 1.05. The molecule has 1 aromatic rings. The Morgan fingerprint density at radius 2 is 2.14 bits per heavy atom. The van der Waals surface area contributed by atoms with E-state index in [4.69, 9.17) is 0 Å². The van der Waals surface area contributed by atoms with E-state index in [1.165, 1.54) is 18.8 Å². The van der Waals surface area contributed by atoms with Gasteiger partial charge < -0.3 is 9.88 Å². The van der Waals surface area contributed by atoms with Crippen LogP contribution in [0.15, 0.2) is 12.5 Å². The summed E-state index contributed by atoms with van der Waals surface area (Å²) < 4.78 is 2.40. The maximum Gasteiger partial charge on any atom is 0.0951 e. The summed E-state index contributed by atoms with van der Waals surface area (Å²) in [5.41, 5.74) is 1.39. The molecule has 1 aliphatic carbocycles. The van der Waals surface area contributed by atoms with Crippen LogP contribution in [0, 0.1) is 11.8 Å². The third-order valence-corrected chi connectivity index (χ3v) is 3.66. The number of hydrogen-bond acceptors (Lipinski definition) is 2. The molecule has 0 aromatic carbocycles. The molecule has 14 heavy (non-hydrogen) atoms. The van der Waals surface area contributed by atoms with Crippen molar-refractivity contribution in [3.8, 4) is 0 Å². The van der Waals surface area contributed by atoms with Crippen molar-refractivity contribution in [3.63, 3.8) is 0 Å². The molecule has 2 fully saturated rings. The van der Waals surface area contributed by atoms with Gasteiger partial charge in [-0.3, -0.25) is 0 Å². The number of aromatic nitrogens is 2. The second-order valence-electron chi connectivity index (χ2n) is 4.86. The second-order valence-corrected chi connectivity index (χ2v) is 4.86.